The van der Waals surface area contributed by atoms with Gasteiger partial charge in [-0.15, -0.1) is 0 Å². The van der Waals surface area contributed by atoms with Crippen molar-refractivity contribution in [3.05, 3.63) is 78.4 Å². The van der Waals surface area contributed by atoms with E-state index in [4.69, 9.17) is 14.6 Å². The van der Waals surface area contributed by atoms with Crippen molar-refractivity contribution in [3.8, 4) is 11.5 Å². The zero-order chi connectivity index (χ0) is 24.5. The summed E-state index contributed by atoms with van der Waals surface area (Å²) in [6, 6.07) is 18.6. The summed E-state index contributed by atoms with van der Waals surface area (Å²) >= 11 is 0. The largest absolute Gasteiger partial charge is 0.497 e. The van der Waals surface area contributed by atoms with E-state index in [1.165, 1.54) is 23.1 Å². The fraction of sp³-hybridized carbons (Fsp3) is 0.167. The SMILES string of the molecule is COc1ccc(OC(C)C(=O)N2c3ccc(S(N)(=O)=O)cc3NC(=O)C2c2ccccc2)cc1. The quantitative estimate of drug-likeness (QED) is 0.557. The third-order valence-corrected chi connectivity index (χ3v) is 6.30. The standard InChI is InChI=1S/C24H23N3O6S/c1-15(33-18-10-8-17(32-2)9-11-18)24(29)27-21-13-12-19(34(25,30)31)14-20(21)26-23(28)22(27)16-6-4-3-5-7-16/h3-15,22H,1-2H3,(H,26,28)(H2,25,30,31). The van der Waals surface area contributed by atoms with Gasteiger partial charge in [-0.1, -0.05) is 30.3 Å². The van der Waals surface area contributed by atoms with Crippen LogP contribution in [0.4, 0.5) is 11.4 Å². The van der Waals surface area contributed by atoms with Gasteiger partial charge in [-0.05, 0) is 55.0 Å². The highest BCUT2D eigenvalue weighted by Crippen LogP contribution is 2.40. The Morgan fingerprint density at radius 3 is 2.29 bits per heavy atom. The van der Waals surface area contributed by atoms with E-state index in [0.29, 0.717) is 22.7 Å². The van der Waals surface area contributed by atoms with Crippen molar-refractivity contribution in [3.63, 3.8) is 0 Å². The number of nitrogens with zero attached hydrogens (tertiary/aromatic N) is 1. The molecule has 2 atom stereocenters. The summed E-state index contributed by atoms with van der Waals surface area (Å²) in [6.45, 7) is 1.58. The number of hydrogen-bond acceptors (Lipinski definition) is 6. The predicted octanol–water partition coefficient (Wildman–Crippen LogP) is 2.84. The van der Waals surface area contributed by atoms with E-state index in [1.54, 1.807) is 68.6 Å². The fourth-order valence-corrected chi connectivity index (χ4v) is 4.29. The van der Waals surface area contributed by atoms with Crippen LogP contribution in [0.3, 0.4) is 0 Å². The van der Waals surface area contributed by atoms with E-state index in [9.17, 15) is 18.0 Å². The van der Waals surface area contributed by atoms with Crippen LogP contribution < -0.4 is 24.8 Å². The van der Waals surface area contributed by atoms with Crippen molar-refractivity contribution in [1.82, 2.24) is 0 Å². The average molecular weight is 482 g/mol. The molecule has 0 spiro atoms. The second kappa shape index (κ2) is 9.16. The van der Waals surface area contributed by atoms with Gasteiger partial charge in [0.15, 0.2) is 6.10 Å². The summed E-state index contributed by atoms with van der Waals surface area (Å²) in [6.07, 6.45) is -0.962. The van der Waals surface area contributed by atoms with Crippen molar-refractivity contribution in [2.75, 3.05) is 17.3 Å². The second-order valence-electron chi connectivity index (χ2n) is 7.67. The lowest BCUT2D eigenvalue weighted by atomic mass is 9.99. The lowest BCUT2D eigenvalue weighted by Gasteiger charge is -2.38. The molecule has 4 rings (SSSR count). The van der Waals surface area contributed by atoms with Crippen LogP contribution in [0.2, 0.25) is 0 Å². The first-order valence-corrected chi connectivity index (χ1v) is 11.9. The smallest absolute Gasteiger partial charge is 0.268 e. The molecule has 0 aliphatic carbocycles. The Morgan fingerprint density at radius 2 is 1.68 bits per heavy atom. The zero-order valence-electron chi connectivity index (χ0n) is 18.5. The Kier molecular flexibility index (Phi) is 6.27. The molecule has 0 fully saturated rings. The van der Waals surface area contributed by atoms with E-state index in [0.717, 1.165) is 0 Å². The van der Waals surface area contributed by atoms with Crippen LogP contribution in [0.1, 0.15) is 18.5 Å². The number of fused-ring (bicyclic) bond motifs is 1. The van der Waals surface area contributed by atoms with Crippen LogP contribution in [0.15, 0.2) is 77.7 Å². The molecular formula is C24H23N3O6S. The topological polar surface area (TPSA) is 128 Å². The maximum Gasteiger partial charge on any atom is 0.268 e. The number of carbonyl (C=O) groups is 2. The van der Waals surface area contributed by atoms with Crippen LogP contribution in [-0.2, 0) is 19.6 Å². The van der Waals surface area contributed by atoms with Crippen molar-refractivity contribution in [2.45, 2.75) is 24.0 Å². The number of anilines is 2. The molecule has 34 heavy (non-hydrogen) atoms. The summed E-state index contributed by atoms with van der Waals surface area (Å²) in [5.74, 6) is 0.117. The molecular weight excluding hydrogens is 458 g/mol. The van der Waals surface area contributed by atoms with E-state index in [2.05, 4.69) is 5.32 Å². The van der Waals surface area contributed by atoms with Crippen LogP contribution in [0.5, 0.6) is 11.5 Å². The Bertz CT molecular complexity index is 1330. The lowest BCUT2D eigenvalue weighted by Crippen LogP contribution is -2.49. The van der Waals surface area contributed by atoms with Crippen LogP contribution in [-0.4, -0.2) is 33.4 Å². The number of nitrogens with two attached hydrogens (primary N) is 1. The van der Waals surface area contributed by atoms with Gasteiger partial charge in [-0.3, -0.25) is 14.5 Å². The summed E-state index contributed by atoms with van der Waals surface area (Å²) in [7, 11) is -2.46. The third kappa shape index (κ3) is 4.59. The van der Waals surface area contributed by atoms with Gasteiger partial charge in [-0.25, -0.2) is 13.6 Å². The number of ether oxygens (including phenoxy) is 2. The average Bonchev–Trinajstić information content (AvgIpc) is 2.82. The summed E-state index contributed by atoms with van der Waals surface area (Å²) in [5.41, 5.74) is 1.08. The van der Waals surface area contributed by atoms with Crippen molar-refractivity contribution >= 4 is 33.2 Å². The number of sulfonamides is 1. The molecule has 3 N–H and O–H groups in total. The van der Waals surface area contributed by atoms with Crippen molar-refractivity contribution in [2.24, 2.45) is 5.14 Å². The van der Waals surface area contributed by atoms with Gasteiger partial charge in [0.25, 0.3) is 11.8 Å². The molecule has 0 radical (unpaired) electrons. The first-order valence-electron chi connectivity index (χ1n) is 10.4. The van der Waals surface area contributed by atoms with Gasteiger partial charge < -0.3 is 14.8 Å². The van der Waals surface area contributed by atoms with E-state index in [-0.39, 0.29) is 10.6 Å². The van der Waals surface area contributed by atoms with Crippen molar-refractivity contribution in [1.29, 1.82) is 0 Å². The molecule has 2 amide bonds. The molecule has 0 aromatic heterocycles. The number of primary sulfonamides is 1. The highest BCUT2D eigenvalue weighted by molar-refractivity contribution is 7.89. The minimum Gasteiger partial charge on any atom is -0.497 e. The number of rotatable bonds is 6. The maximum absolute atomic E-state index is 13.7. The molecule has 0 bridgehead atoms. The normalized spacial score (nSPS) is 16.3. The molecule has 9 nitrogen and oxygen atoms in total. The number of benzene rings is 3. The van der Waals surface area contributed by atoms with Crippen molar-refractivity contribution < 1.29 is 27.5 Å². The Labute approximate surface area is 197 Å². The molecule has 1 heterocycles. The first kappa shape index (κ1) is 23.3. The predicted molar refractivity (Wildman–Crippen MR) is 126 cm³/mol. The molecule has 1 aliphatic heterocycles. The monoisotopic (exact) mass is 481 g/mol. The van der Waals surface area contributed by atoms with E-state index < -0.39 is 34.0 Å². The van der Waals surface area contributed by atoms with Gasteiger partial charge >= 0.3 is 0 Å². The molecule has 3 aromatic rings. The van der Waals surface area contributed by atoms with Gasteiger partial charge in [-0.2, -0.15) is 0 Å². The van der Waals surface area contributed by atoms with E-state index in [1.807, 2.05) is 0 Å². The molecule has 0 saturated heterocycles. The summed E-state index contributed by atoms with van der Waals surface area (Å²) < 4.78 is 34.6. The number of amides is 2. The number of hydrogen-bond donors (Lipinski definition) is 2. The van der Waals surface area contributed by atoms with Gasteiger partial charge in [0.05, 0.1) is 23.4 Å². The fourth-order valence-electron chi connectivity index (χ4n) is 3.75. The van der Waals surface area contributed by atoms with Crippen LogP contribution in [0, 0.1) is 0 Å². The molecule has 0 saturated carbocycles. The molecule has 1 aliphatic rings. The number of methoxy groups -OCH3 is 1. The molecule has 3 aromatic carbocycles. The molecule has 10 heteroatoms. The number of carbonyl (C=O) groups excluding carboxylic acids is 2. The summed E-state index contributed by atoms with van der Waals surface area (Å²) in [4.78, 5) is 27.9. The maximum atomic E-state index is 13.7. The Hall–Kier alpha value is -3.89. The van der Waals surface area contributed by atoms with Crippen LogP contribution >= 0.6 is 0 Å². The zero-order valence-corrected chi connectivity index (χ0v) is 19.3. The molecule has 176 valence electrons. The van der Waals surface area contributed by atoms with Gasteiger partial charge in [0.1, 0.15) is 17.5 Å². The summed E-state index contributed by atoms with van der Waals surface area (Å²) in [5, 5.41) is 7.94. The minimum atomic E-state index is -4.01. The van der Waals surface area contributed by atoms with Crippen LogP contribution in [0.25, 0.3) is 0 Å². The van der Waals surface area contributed by atoms with Gasteiger partial charge in [0, 0.05) is 0 Å². The number of nitrogens with one attached hydrogen (secondary N) is 1. The highest BCUT2D eigenvalue weighted by atomic mass is 32.2. The second-order valence-corrected chi connectivity index (χ2v) is 9.23. The first-order chi connectivity index (χ1) is 16.2. The minimum absolute atomic E-state index is 0.161. The third-order valence-electron chi connectivity index (χ3n) is 5.39. The lowest BCUT2D eigenvalue weighted by molar-refractivity contribution is -0.128. The molecule has 2 unspecified atom stereocenters. The Morgan fingerprint density at radius 1 is 1.03 bits per heavy atom. The van der Waals surface area contributed by atoms with Gasteiger partial charge in [0.2, 0.25) is 10.0 Å². The Balaban J connectivity index is 1.75. The van der Waals surface area contributed by atoms with E-state index >= 15 is 0 Å². The highest BCUT2D eigenvalue weighted by Gasteiger charge is 2.40.